The quantitative estimate of drug-likeness (QED) is 0.765. The average molecular weight is 311 g/mol. The van der Waals surface area contributed by atoms with Crippen LogP contribution in [0.1, 0.15) is 31.4 Å². The fourth-order valence-electron chi connectivity index (χ4n) is 2.51. The van der Waals surface area contributed by atoms with E-state index in [0.29, 0.717) is 18.0 Å². The molecule has 0 bridgehead atoms. The Morgan fingerprint density at radius 3 is 2.57 bits per heavy atom. The topological polar surface area (TPSA) is 101 Å². The highest BCUT2D eigenvalue weighted by Gasteiger charge is 2.31. The van der Waals surface area contributed by atoms with E-state index in [0.717, 1.165) is 18.4 Å². The largest absolute Gasteiger partial charge is 0.351 e. The predicted octanol–water partition coefficient (Wildman–Crippen LogP) is 1.40. The highest BCUT2D eigenvalue weighted by Crippen LogP contribution is 2.21. The summed E-state index contributed by atoms with van der Waals surface area (Å²) in [7, 11) is -2.91. The highest BCUT2D eigenvalue weighted by atomic mass is 32.2. The molecule has 0 aliphatic carbocycles. The van der Waals surface area contributed by atoms with E-state index in [9.17, 15) is 13.2 Å². The Morgan fingerprint density at radius 2 is 2.05 bits per heavy atom. The Kier molecular flexibility index (Phi) is 4.84. The number of nitrogens with two attached hydrogens (primary N) is 1. The number of sulfone groups is 1. The Morgan fingerprint density at radius 1 is 1.38 bits per heavy atom. The lowest BCUT2D eigenvalue weighted by Gasteiger charge is -2.17. The molecule has 2 rings (SSSR count). The zero-order valence-electron chi connectivity index (χ0n) is 12.0. The van der Waals surface area contributed by atoms with Crippen LogP contribution in [0.4, 0.5) is 10.5 Å². The van der Waals surface area contributed by atoms with Gasteiger partial charge in [0, 0.05) is 18.3 Å². The third kappa shape index (κ3) is 4.18. The van der Waals surface area contributed by atoms with E-state index in [2.05, 4.69) is 10.6 Å². The molecule has 0 radical (unpaired) electrons. The van der Waals surface area contributed by atoms with Gasteiger partial charge >= 0.3 is 6.03 Å². The minimum absolute atomic E-state index is 0.0448. The van der Waals surface area contributed by atoms with Gasteiger partial charge in [-0.3, -0.25) is 0 Å². The summed E-state index contributed by atoms with van der Waals surface area (Å²) in [5.74, 6) is 0.307. The van der Waals surface area contributed by atoms with Crippen molar-refractivity contribution >= 4 is 21.6 Å². The molecule has 1 saturated heterocycles. The van der Waals surface area contributed by atoms with Gasteiger partial charge in [0.1, 0.15) is 0 Å². The molecule has 2 atom stereocenters. The summed E-state index contributed by atoms with van der Waals surface area (Å²) in [5.41, 5.74) is 6.71. The molecule has 0 aromatic heterocycles. The van der Waals surface area contributed by atoms with E-state index in [1.54, 1.807) is 12.1 Å². The molecule has 4 N–H and O–H groups in total. The van der Waals surface area contributed by atoms with Gasteiger partial charge in [-0.25, -0.2) is 13.2 Å². The molecule has 2 amide bonds. The SMILES string of the molecule is CC(NCC1CCCS1(=O)=O)c1ccc(NC(N)=O)cc1. The molecule has 0 saturated carbocycles. The lowest BCUT2D eigenvalue weighted by molar-refractivity contribution is 0.259. The first-order valence-corrected chi connectivity index (χ1v) is 8.71. The van der Waals surface area contributed by atoms with E-state index in [-0.39, 0.29) is 11.3 Å². The van der Waals surface area contributed by atoms with Gasteiger partial charge in [0.05, 0.1) is 11.0 Å². The molecular weight excluding hydrogens is 290 g/mol. The summed E-state index contributed by atoms with van der Waals surface area (Å²) in [6.45, 7) is 2.46. The molecule has 1 aliphatic rings. The van der Waals surface area contributed by atoms with Crippen LogP contribution < -0.4 is 16.4 Å². The number of benzene rings is 1. The van der Waals surface area contributed by atoms with Crippen molar-refractivity contribution in [3.8, 4) is 0 Å². The van der Waals surface area contributed by atoms with Crippen LogP contribution in [0.5, 0.6) is 0 Å². The molecule has 21 heavy (non-hydrogen) atoms. The second-order valence-corrected chi connectivity index (χ2v) is 7.77. The van der Waals surface area contributed by atoms with Crippen LogP contribution in [0, 0.1) is 0 Å². The van der Waals surface area contributed by atoms with Crippen molar-refractivity contribution in [3.63, 3.8) is 0 Å². The van der Waals surface area contributed by atoms with Crippen LogP contribution in [0.25, 0.3) is 0 Å². The molecule has 1 aromatic carbocycles. The molecule has 1 fully saturated rings. The smallest absolute Gasteiger partial charge is 0.316 e. The van der Waals surface area contributed by atoms with E-state index in [4.69, 9.17) is 5.73 Å². The van der Waals surface area contributed by atoms with Crippen LogP contribution in [0.15, 0.2) is 24.3 Å². The summed E-state index contributed by atoms with van der Waals surface area (Å²) in [6, 6.07) is 6.75. The standard InChI is InChI=1S/C14H21N3O3S/c1-10(16-9-13-3-2-8-21(13,19)20)11-4-6-12(7-5-11)17-14(15)18/h4-7,10,13,16H,2-3,8-9H2,1H3,(H3,15,17,18). The average Bonchev–Trinajstić information content (AvgIpc) is 2.75. The van der Waals surface area contributed by atoms with Gasteiger partial charge in [-0.1, -0.05) is 12.1 Å². The van der Waals surface area contributed by atoms with Gasteiger partial charge < -0.3 is 16.4 Å². The molecule has 116 valence electrons. The van der Waals surface area contributed by atoms with E-state index in [1.165, 1.54) is 0 Å². The number of rotatable bonds is 5. The van der Waals surface area contributed by atoms with Gasteiger partial charge in [-0.2, -0.15) is 0 Å². The first kappa shape index (κ1) is 15.8. The first-order chi connectivity index (χ1) is 9.88. The number of hydrogen-bond acceptors (Lipinski definition) is 4. The summed E-state index contributed by atoms with van der Waals surface area (Å²) in [6.07, 6.45) is 1.50. The van der Waals surface area contributed by atoms with Crippen LogP contribution in [-0.4, -0.2) is 32.0 Å². The third-order valence-corrected chi connectivity index (χ3v) is 6.07. The lowest BCUT2D eigenvalue weighted by atomic mass is 10.1. The summed E-state index contributed by atoms with van der Waals surface area (Å²) in [4.78, 5) is 10.7. The van der Waals surface area contributed by atoms with Crippen molar-refractivity contribution in [2.24, 2.45) is 5.73 Å². The fourth-order valence-corrected chi connectivity index (χ4v) is 4.29. The van der Waals surface area contributed by atoms with Gasteiger partial charge in [-0.05, 0) is 37.5 Å². The van der Waals surface area contributed by atoms with Gasteiger partial charge in [-0.15, -0.1) is 0 Å². The number of amides is 2. The number of hydrogen-bond donors (Lipinski definition) is 3. The lowest BCUT2D eigenvalue weighted by Crippen LogP contribution is -2.32. The molecule has 1 heterocycles. The van der Waals surface area contributed by atoms with Crippen LogP contribution in [0.2, 0.25) is 0 Å². The third-order valence-electron chi connectivity index (χ3n) is 3.79. The molecule has 0 spiro atoms. The van der Waals surface area contributed by atoms with E-state index in [1.807, 2.05) is 19.1 Å². The summed E-state index contributed by atoms with van der Waals surface area (Å²) >= 11 is 0. The molecule has 7 heteroatoms. The van der Waals surface area contributed by atoms with Gasteiger partial charge in [0.15, 0.2) is 9.84 Å². The molecule has 1 aromatic rings. The molecule has 1 aliphatic heterocycles. The Balaban J connectivity index is 1.91. The number of nitrogens with one attached hydrogen (secondary N) is 2. The second-order valence-electron chi connectivity index (χ2n) is 5.37. The normalized spacial score (nSPS) is 21.9. The van der Waals surface area contributed by atoms with Crippen LogP contribution in [-0.2, 0) is 9.84 Å². The van der Waals surface area contributed by atoms with Crippen molar-refractivity contribution in [2.75, 3.05) is 17.6 Å². The Labute approximate surface area is 125 Å². The van der Waals surface area contributed by atoms with Crippen LogP contribution in [0.3, 0.4) is 0 Å². The van der Waals surface area contributed by atoms with Crippen molar-refractivity contribution in [1.82, 2.24) is 5.32 Å². The van der Waals surface area contributed by atoms with E-state index >= 15 is 0 Å². The zero-order valence-corrected chi connectivity index (χ0v) is 12.8. The number of urea groups is 1. The first-order valence-electron chi connectivity index (χ1n) is 7.00. The zero-order chi connectivity index (χ0) is 15.5. The number of anilines is 1. The molecular formula is C14H21N3O3S. The molecule has 2 unspecified atom stereocenters. The fraction of sp³-hybridized carbons (Fsp3) is 0.500. The maximum absolute atomic E-state index is 11.8. The van der Waals surface area contributed by atoms with Crippen molar-refractivity contribution in [3.05, 3.63) is 29.8 Å². The monoisotopic (exact) mass is 311 g/mol. The number of carbonyl (C=O) groups excluding carboxylic acids is 1. The van der Waals surface area contributed by atoms with Crippen molar-refractivity contribution in [2.45, 2.75) is 31.1 Å². The minimum atomic E-state index is -2.91. The molecule has 6 nitrogen and oxygen atoms in total. The Bertz CT molecular complexity index is 598. The van der Waals surface area contributed by atoms with E-state index < -0.39 is 15.9 Å². The maximum Gasteiger partial charge on any atom is 0.316 e. The minimum Gasteiger partial charge on any atom is -0.351 e. The highest BCUT2D eigenvalue weighted by molar-refractivity contribution is 7.92. The predicted molar refractivity (Wildman–Crippen MR) is 82.9 cm³/mol. The van der Waals surface area contributed by atoms with Gasteiger partial charge in [0.25, 0.3) is 0 Å². The maximum atomic E-state index is 11.8. The van der Waals surface area contributed by atoms with Crippen molar-refractivity contribution < 1.29 is 13.2 Å². The number of carbonyl (C=O) groups is 1. The van der Waals surface area contributed by atoms with Crippen LogP contribution >= 0.6 is 0 Å². The van der Waals surface area contributed by atoms with Crippen molar-refractivity contribution in [1.29, 1.82) is 0 Å². The summed E-state index contributed by atoms with van der Waals surface area (Å²) < 4.78 is 23.5. The number of primary amides is 1. The second kappa shape index (κ2) is 6.44. The van der Waals surface area contributed by atoms with Gasteiger partial charge in [0.2, 0.25) is 0 Å². The Hall–Kier alpha value is -1.60. The summed E-state index contributed by atoms with van der Waals surface area (Å²) in [5, 5.41) is 5.50.